The van der Waals surface area contributed by atoms with E-state index < -0.39 is 35.1 Å². The van der Waals surface area contributed by atoms with Crippen LogP contribution in [0.15, 0.2) is 70.7 Å². The summed E-state index contributed by atoms with van der Waals surface area (Å²) in [7, 11) is 0. The summed E-state index contributed by atoms with van der Waals surface area (Å²) in [4.78, 5) is 62.2. The molecule has 11 nitrogen and oxygen atoms in total. The number of rotatable bonds is 9. The molecule has 224 valence electrons. The van der Waals surface area contributed by atoms with E-state index in [9.17, 15) is 19.2 Å². The van der Waals surface area contributed by atoms with Crippen LogP contribution in [0.1, 0.15) is 59.5 Å². The molecule has 1 unspecified atom stereocenters. The molecule has 2 heterocycles. The molecule has 0 saturated heterocycles. The minimum absolute atomic E-state index is 0.149. The lowest BCUT2D eigenvalue weighted by Gasteiger charge is -2.22. The van der Waals surface area contributed by atoms with Crippen LogP contribution < -0.4 is 21.5 Å². The number of anilines is 1. The Morgan fingerprint density at radius 1 is 1.07 bits per heavy atom. The van der Waals surface area contributed by atoms with Crippen molar-refractivity contribution < 1.29 is 19.1 Å². The number of H-pyrrole nitrogens is 1. The first-order valence-corrected chi connectivity index (χ1v) is 14.9. The molecular formula is C30H31ClN6O5S. The van der Waals surface area contributed by atoms with E-state index in [2.05, 4.69) is 30.9 Å². The first kappa shape index (κ1) is 31.5. The maximum atomic E-state index is 13.3. The lowest BCUT2D eigenvalue weighted by Crippen LogP contribution is -2.35. The van der Waals surface area contributed by atoms with Crippen LogP contribution in [0.4, 0.5) is 10.5 Å². The van der Waals surface area contributed by atoms with Gasteiger partial charge in [-0.05, 0) is 63.3 Å². The maximum absolute atomic E-state index is 13.3. The number of benzene rings is 2. The Labute approximate surface area is 257 Å². The lowest BCUT2D eigenvalue weighted by atomic mass is 10.0. The number of hydrogen-bond donors (Lipinski definition) is 4. The second-order valence-electron chi connectivity index (χ2n) is 10.5. The summed E-state index contributed by atoms with van der Waals surface area (Å²) >= 11 is 7.66. The van der Waals surface area contributed by atoms with E-state index >= 15 is 0 Å². The number of fused-ring (bicyclic) bond motifs is 1. The molecule has 0 aliphatic heterocycles. The van der Waals surface area contributed by atoms with Crippen molar-refractivity contribution in [2.75, 3.05) is 18.1 Å². The van der Waals surface area contributed by atoms with Gasteiger partial charge in [-0.25, -0.2) is 14.8 Å². The fourth-order valence-corrected chi connectivity index (χ4v) is 4.58. The lowest BCUT2D eigenvalue weighted by molar-refractivity contribution is 0.0526. The molecule has 13 heteroatoms. The van der Waals surface area contributed by atoms with E-state index in [1.807, 2.05) is 36.6 Å². The summed E-state index contributed by atoms with van der Waals surface area (Å²) in [5.41, 5.74) is 0.0988. The third-order valence-electron chi connectivity index (χ3n) is 6.08. The van der Waals surface area contributed by atoms with E-state index in [0.717, 1.165) is 5.56 Å². The molecule has 0 spiro atoms. The average molecular weight is 623 g/mol. The number of nitrogens with one attached hydrogen (secondary N) is 4. The highest BCUT2D eigenvalue weighted by molar-refractivity contribution is 7.98. The zero-order chi connectivity index (χ0) is 31.1. The van der Waals surface area contributed by atoms with E-state index in [1.165, 1.54) is 42.2 Å². The highest BCUT2D eigenvalue weighted by Gasteiger charge is 2.20. The molecular weight excluding hydrogens is 592 g/mol. The molecule has 0 aliphatic rings. The Balaban J connectivity index is 1.49. The molecule has 4 rings (SSSR count). The standard InChI is InChI=1S/C30H31ClN6O5S/c1-30(2,3)42-29(41)32-13-12-22(17-8-6-5-7-9-17)34-25(38)18-10-11-21(31)23(15-18)35-26(39)20-14-19-16-33-28(43-4)37-24(19)36-27(20)40/h5-11,14-16,22H,12-13H2,1-4H3,(H,32,41)(H,34,38)(H,35,39)(H,33,36,37,40). The summed E-state index contributed by atoms with van der Waals surface area (Å²) in [6.45, 7) is 5.58. The minimum atomic E-state index is -0.716. The zero-order valence-corrected chi connectivity index (χ0v) is 25.6. The van der Waals surface area contributed by atoms with Crippen molar-refractivity contribution >= 4 is 58.0 Å². The Bertz CT molecular complexity index is 1710. The largest absolute Gasteiger partial charge is 0.444 e. The number of ether oxygens (including phenoxy) is 1. The van der Waals surface area contributed by atoms with Crippen LogP contribution in [-0.4, -0.2) is 51.3 Å². The molecule has 4 aromatic rings. The molecule has 0 aliphatic carbocycles. The molecule has 4 N–H and O–H groups in total. The van der Waals surface area contributed by atoms with E-state index in [0.29, 0.717) is 22.6 Å². The van der Waals surface area contributed by atoms with Gasteiger partial charge in [-0.3, -0.25) is 14.4 Å². The molecule has 2 aromatic heterocycles. The number of aromatic amines is 1. The number of carbonyl (C=O) groups is 3. The topological polar surface area (TPSA) is 155 Å². The highest BCUT2D eigenvalue weighted by atomic mass is 35.5. The van der Waals surface area contributed by atoms with Crippen LogP contribution in [0, 0.1) is 0 Å². The van der Waals surface area contributed by atoms with Gasteiger partial charge in [-0.15, -0.1) is 0 Å². The van der Waals surface area contributed by atoms with Gasteiger partial charge in [0.1, 0.15) is 16.8 Å². The van der Waals surface area contributed by atoms with Crippen LogP contribution in [-0.2, 0) is 4.74 Å². The van der Waals surface area contributed by atoms with Gasteiger partial charge in [-0.2, -0.15) is 0 Å². The van der Waals surface area contributed by atoms with Crippen LogP contribution >= 0.6 is 23.4 Å². The molecule has 0 radical (unpaired) electrons. The highest BCUT2D eigenvalue weighted by Crippen LogP contribution is 2.25. The Morgan fingerprint density at radius 3 is 2.51 bits per heavy atom. The zero-order valence-electron chi connectivity index (χ0n) is 24.0. The maximum Gasteiger partial charge on any atom is 0.407 e. The van der Waals surface area contributed by atoms with E-state index in [1.54, 1.807) is 20.8 Å². The Morgan fingerprint density at radius 2 is 1.81 bits per heavy atom. The third-order valence-corrected chi connectivity index (χ3v) is 6.98. The minimum Gasteiger partial charge on any atom is -0.444 e. The normalized spacial score (nSPS) is 11.9. The van der Waals surface area contributed by atoms with Crippen LogP contribution in [0.2, 0.25) is 5.02 Å². The summed E-state index contributed by atoms with van der Waals surface area (Å²) in [6.07, 6.45) is 3.17. The van der Waals surface area contributed by atoms with Gasteiger partial charge in [0.15, 0.2) is 5.16 Å². The number of hydrogen-bond acceptors (Lipinski definition) is 8. The van der Waals surface area contributed by atoms with Gasteiger partial charge in [0.05, 0.1) is 16.8 Å². The molecule has 43 heavy (non-hydrogen) atoms. The first-order chi connectivity index (χ1) is 20.4. The summed E-state index contributed by atoms with van der Waals surface area (Å²) in [5.74, 6) is -1.14. The van der Waals surface area contributed by atoms with Gasteiger partial charge in [-0.1, -0.05) is 53.7 Å². The van der Waals surface area contributed by atoms with Crippen LogP contribution in [0.5, 0.6) is 0 Å². The van der Waals surface area contributed by atoms with Gasteiger partial charge in [0.25, 0.3) is 17.4 Å². The second kappa shape index (κ2) is 13.7. The second-order valence-corrected chi connectivity index (χ2v) is 11.7. The van der Waals surface area contributed by atoms with Crippen molar-refractivity contribution in [3.8, 4) is 0 Å². The van der Waals surface area contributed by atoms with E-state index in [4.69, 9.17) is 16.3 Å². The van der Waals surface area contributed by atoms with Crippen molar-refractivity contribution in [3.63, 3.8) is 0 Å². The molecule has 0 fully saturated rings. The third kappa shape index (κ3) is 8.55. The van der Waals surface area contributed by atoms with Crippen LogP contribution in [0.25, 0.3) is 11.0 Å². The predicted molar refractivity (Wildman–Crippen MR) is 167 cm³/mol. The summed E-state index contributed by atoms with van der Waals surface area (Å²) in [5, 5.41) is 9.46. The number of carbonyl (C=O) groups excluding carboxylic acids is 3. The fraction of sp³-hybridized carbons (Fsp3) is 0.267. The average Bonchev–Trinajstić information content (AvgIpc) is 2.96. The van der Waals surface area contributed by atoms with Crippen molar-refractivity contribution in [3.05, 3.63) is 92.9 Å². The van der Waals surface area contributed by atoms with Gasteiger partial charge >= 0.3 is 6.09 Å². The van der Waals surface area contributed by atoms with Gasteiger partial charge in [0, 0.05) is 23.7 Å². The Kier molecular flexibility index (Phi) is 10.0. The van der Waals surface area contributed by atoms with Crippen molar-refractivity contribution in [2.45, 2.75) is 44.0 Å². The number of aromatic nitrogens is 3. The molecule has 3 amide bonds. The number of thioether (sulfide) groups is 1. The van der Waals surface area contributed by atoms with Crippen LogP contribution in [0.3, 0.4) is 0 Å². The monoisotopic (exact) mass is 622 g/mol. The van der Waals surface area contributed by atoms with Crippen molar-refractivity contribution in [1.29, 1.82) is 0 Å². The number of halogens is 1. The molecule has 0 bridgehead atoms. The van der Waals surface area contributed by atoms with Crippen molar-refractivity contribution in [1.82, 2.24) is 25.6 Å². The molecule has 1 atom stereocenters. The molecule has 0 saturated carbocycles. The van der Waals surface area contributed by atoms with Gasteiger partial charge < -0.3 is 25.7 Å². The SMILES string of the molecule is CSc1ncc2cc(C(=O)Nc3cc(C(=O)NC(CCNC(=O)OC(C)(C)C)c4ccccc4)ccc3Cl)c(=O)[nH]c2n1. The van der Waals surface area contributed by atoms with Crippen molar-refractivity contribution in [2.24, 2.45) is 0 Å². The number of nitrogens with zero attached hydrogens (tertiary/aromatic N) is 2. The number of amides is 3. The predicted octanol–water partition coefficient (Wildman–Crippen LogP) is 5.33. The number of alkyl carbamates (subject to hydrolysis) is 1. The smallest absolute Gasteiger partial charge is 0.407 e. The fourth-order valence-electron chi connectivity index (χ4n) is 4.08. The Hall–Kier alpha value is -4.42. The number of pyridine rings is 1. The van der Waals surface area contributed by atoms with E-state index in [-0.39, 0.29) is 28.4 Å². The van der Waals surface area contributed by atoms with Gasteiger partial charge in [0.2, 0.25) is 0 Å². The summed E-state index contributed by atoms with van der Waals surface area (Å²) in [6, 6.07) is 14.7. The molecule has 2 aromatic carbocycles. The first-order valence-electron chi connectivity index (χ1n) is 13.3. The quantitative estimate of drug-likeness (QED) is 0.144. The summed E-state index contributed by atoms with van der Waals surface area (Å²) < 4.78 is 5.29.